The fourth-order valence-corrected chi connectivity index (χ4v) is 2.90. The highest BCUT2D eigenvalue weighted by Crippen LogP contribution is 2.26. The van der Waals surface area contributed by atoms with Gasteiger partial charge < -0.3 is 15.2 Å². The molecular weight excluding hydrogens is 310 g/mol. The average molecular weight is 333 g/mol. The van der Waals surface area contributed by atoms with Crippen molar-refractivity contribution in [2.75, 3.05) is 7.05 Å². The van der Waals surface area contributed by atoms with Crippen LogP contribution in [0.4, 0.5) is 0 Å². The van der Waals surface area contributed by atoms with E-state index in [0.717, 1.165) is 25.7 Å². The number of aromatic nitrogens is 5. The summed E-state index contributed by atoms with van der Waals surface area (Å²) in [5.74, 6) is 0.834. The molecule has 2 aromatic rings. The number of rotatable bonds is 5. The first-order chi connectivity index (χ1) is 11.6. The number of hydrogen-bond acceptors (Lipinski definition) is 7. The number of nitrogens with zero attached hydrogens (tertiary/aromatic N) is 6. The molecule has 0 radical (unpaired) electrons. The predicted molar refractivity (Wildman–Crippen MR) is 85.0 cm³/mol. The molecule has 3 rings (SSSR count). The van der Waals surface area contributed by atoms with E-state index in [9.17, 15) is 4.79 Å². The van der Waals surface area contributed by atoms with Gasteiger partial charge in [0.25, 0.3) is 5.91 Å². The lowest BCUT2D eigenvalue weighted by atomic mass is 9.92. The van der Waals surface area contributed by atoms with Crippen LogP contribution < -0.4 is 5.73 Å². The normalized spacial score (nSPS) is 21.0. The van der Waals surface area contributed by atoms with Crippen LogP contribution in [0.3, 0.4) is 0 Å². The highest BCUT2D eigenvalue weighted by Gasteiger charge is 2.23. The van der Waals surface area contributed by atoms with Gasteiger partial charge in [-0.25, -0.2) is 4.68 Å². The first-order valence-electron chi connectivity index (χ1n) is 8.31. The first kappa shape index (κ1) is 16.6. The predicted octanol–water partition coefficient (Wildman–Crippen LogP) is 0.938. The number of aryl methyl sites for hydroxylation is 1. The second-order valence-electron chi connectivity index (χ2n) is 6.27. The van der Waals surface area contributed by atoms with Gasteiger partial charge in [-0.15, -0.1) is 5.10 Å². The van der Waals surface area contributed by atoms with Crippen LogP contribution in [0.1, 0.15) is 60.9 Å². The molecule has 2 heterocycles. The number of carbonyl (C=O) groups excluding carboxylic acids is 1. The molecule has 0 unspecified atom stereocenters. The van der Waals surface area contributed by atoms with Gasteiger partial charge in [0.2, 0.25) is 5.89 Å². The lowest BCUT2D eigenvalue weighted by Crippen LogP contribution is -2.28. The summed E-state index contributed by atoms with van der Waals surface area (Å²) >= 11 is 0. The number of carbonyl (C=O) groups is 1. The molecule has 0 saturated heterocycles. The van der Waals surface area contributed by atoms with Crippen molar-refractivity contribution in [3.8, 4) is 0 Å². The zero-order valence-electron chi connectivity index (χ0n) is 14.1. The van der Waals surface area contributed by atoms with Crippen molar-refractivity contribution in [1.82, 2.24) is 30.0 Å². The van der Waals surface area contributed by atoms with Gasteiger partial charge in [0, 0.05) is 19.5 Å². The van der Waals surface area contributed by atoms with Gasteiger partial charge in [-0.1, -0.05) is 17.3 Å². The Bertz CT molecular complexity index is 688. The molecule has 130 valence electrons. The van der Waals surface area contributed by atoms with E-state index in [2.05, 4.69) is 20.5 Å². The SMILES string of the molecule is CCc1nc(CN(C)C(=O)c2cn(C3CCC(N)CC3)nn2)no1. The minimum atomic E-state index is -0.211. The number of hydrogen-bond donors (Lipinski definition) is 1. The zero-order valence-corrected chi connectivity index (χ0v) is 14.1. The van der Waals surface area contributed by atoms with Gasteiger partial charge in [0.15, 0.2) is 11.5 Å². The summed E-state index contributed by atoms with van der Waals surface area (Å²) in [6.07, 6.45) is 6.28. The molecule has 1 fully saturated rings. The second-order valence-corrected chi connectivity index (χ2v) is 6.27. The van der Waals surface area contributed by atoms with Gasteiger partial charge in [0.1, 0.15) is 0 Å². The van der Waals surface area contributed by atoms with E-state index in [0.29, 0.717) is 23.8 Å². The lowest BCUT2D eigenvalue weighted by Gasteiger charge is -2.25. The molecule has 24 heavy (non-hydrogen) atoms. The van der Waals surface area contributed by atoms with Crippen molar-refractivity contribution in [1.29, 1.82) is 0 Å². The molecule has 2 N–H and O–H groups in total. The van der Waals surface area contributed by atoms with Crippen LogP contribution in [0, 0.1) is 0 Å². The Balaban J connectivity index is 1.62. The molecule has 0 atom stereocenters. The monoisotopic (exact) mass is 333 g/mol. The van der Waals surface area contributed by atoms with Crippen molar-refractivity contribution in [3.63, 3.8) is 0 Å². The van der Waals surface area contributed by atoms with Gasteiger partial charge in [-0.2, -0.15) is 4.98 Å². The van der Waals surface area contributed by atoms with E-state index in [-0.39, 0.29) is 24.5 Å². The molecule has 0 bridgehead atoms. The topological polar surface area (TPSA) is 116 Å². The average Bonchev–Trinajstić information content (AvgIpc) is 3.24. The van der Waals surface area contributed by atoms with Gasteiger partial charge >= 0.3 is 0 Å². The third-order valence-corrected chi connectivity index (χ3v) is 4.38. The van der Waals surface area contributed by atoms with Crippen LogP contribution in [-0.2, 0) is 13.0 Å². The molecular formula is C15H23N7O2. The fourth-order valence-electron chi connectivity index (χ4n) is 2.90. The Morgan fingerprint density at radius 3 is 2.83 bits per heavy atom. The van der Waals surface area contributed by atoms with Crippen molar-refractivity contribution >= 4 is 5.91 Å². The smallest absolute Gasteiger partial charge is 0.276 e. The summed E-state index contributed by atoms with van der Waals surface area (Å²) < 4.78 is 6.84. The van der Waals surface area contributed by atoms with Gasteiger partial charge in [-0.3, -0.25) is 4.79 Å². The Hall–Kier alpha value is -2.29. The maximum absolute atomic E-state index is 12.5. The van der Waals surface area contributed by atoms with Crippen LogP contribution in [-0.4, -0.2) is 49.0 Å². The molecule has 9 nitrogen and oxygen atoms in total. The fraction of sp³-hybridized carbons (Fsp3) is 0.667. The molecule has 9 heteroatoms. The maximum atomic E-state index is 12.5. The molecule has 1 aliphatic rings. The van der Waals surface area contributed by atoms with E-state index < -0.39 is 0 Å². The minimum absolute atomic E-state index is 0.211. The van der Waals surface area contributed by atoms with Crippen LogP contribution >= 0.6 is 0 Å². The van der Waals surface area contributed by atoms with E-state index in [1.807, 2.05) is 6.92 Å². The minimum Gasteiger partial charge on any atom is -0.339 e. The van der Waals surface area contributed by atoms with E-state index in [1.54, 1.807) is 17.9 Å². The van der Waals surface area contributed by atoms with Gasteiger partial charge in [-0.05, 0) is 25.7 Å². The van der Waals surface area contributed by atoms with Crippen LogP contribution in [0.5, 0.6) is 0 Å². The molecule has 1 amide bonds. The summed E-state index contributed by atoms with van der Waals surface area (Å²) in [6, 6.07) is 0.549. The van der Waals surface area contributed by atoms with Crippen molar-refractivity contribution in [2.45, 2.75) is 57.7 Å². The largest absolute Gasteiger partial charge is 0.339 e. The summed E-state index contributed by atoms with van der Waals surface area (Å²) in [5.41, 5.74) is 6.25. The molecule has 1 aliphatic carbocycles. The second kappa shape index (κ2) is 7.08. The number of amides is 1. The van der Waals surface area contributed by atoms with Crippen LogP contribution in [0.2, 0.25) is 0 Å². The maximum Gasteiger partial charge on any atom is 0.276 e. The van der Waals surface area contributed by atoms with E-state index in [4.69, 9.17) is 10.3 Å². The standard InChI is InChI=1S/C15H23N7O2/c1-3-14-17-13(19-24-14)9-21(2)15(23)12-8-22(20-18-12)11-6-4-10(16)5-7-11/h8,10-11H,3-7,9,16H2,1-2H3. The molecule has 1 saturated carbocycles. The third-order valence-electron chi connectivity index (χ3n) is 4.38. The van der Waals surface area contributed by atoms with Crippen LogP contribution in [0.25, 0.3) is 0 Å². The van der Waals surface area contributed by atoms with Crippen molar-refractivity contribution in [2.24, 2.45) is 5.73 Å². The Kier molecular flexibility index (Phi) is 4.89. The number of nitrogens with two attached hydrogens (primary N) is 1. The summed E-state index contributed by atoms with van der Waals surface area (Å²) in [6.45, 7) is 2.20. The Morgan fingerprint density at radius 2 is 2.17 bits per heavy atom. The lowest BCUT2D eigenvalue weighted by molar-refractivity contribution is 0.0774. The third kappa shape index (κ3) is 3.61. The molecule has 0 aromatic carbocycles. The summed E-state index contributed by atoms with van der Waals surface area (Å²) in [7, 11) is 1.68. The van der Waals surface area contributed by atoms with E-state index in [1.165, 1.54) is 4.90 Å². The van der Waals surface area contributed by atoms with Gasteiger partial charge in [0.05, 0.1) is 18.8 Å². The molecule has 2 aromatic heterocycles. The Morgan fingerprint density at radius 1 is 1.42 bits per heavy atom. The summed E-state index contributed by atoms with van der Waals surface area (Å²) in [5, 5.41) is 12.0. The zero-order chi connectivity index (χ0) is 17.1. The van der Waals surface area contributed by atoms with Crippen molar-refractivity contribution < 1.29 is 9.32 Å². The molecule has 0 spiro atoms. The van der Waals surface area contributed by atoms with E-state index >= 15 is 0 Å². The Labute approximate surface area is 140 Å². The van der Waals surface area contributed by atoms with Crippen LogP contribution in [0.15, 0.2) is 10.7 Å². The first-order valence-corrected chi connectivity index (χ1v) is 8.31. The highest BCUT2D eigenvalue weighted by molar-refractivity contribution is 5.91. The quantitative estimate of drug-likeness (QED) is 0.865. The molecule has 0 aliphatic heterocycles. The summed E-state index contributed by atoms with van der Waals surface area (Å²) in [4.78, 5) is 18.2. The van der Waals surface area contributed by atoms with Crippen molar-refractivity contribution in [3.05, 3.63) is 23.6 Å². The highest BCUT2D eigenvalue weighted by atomic mass is 16.5.